The third kappa shape index (κ3) is 1.94. The van der Waals surface area contributed by atoms with Gasteiger partial charge in [0.1, 0.15) is 11.9 Å². The molecule has 104 valence electrons. The molecule has 1 aromatic carbocycles. The number of imidazole rings is 1. The molecule has 2 heterocycles. The van der Waals surface area contributed by atoms with Crippen LogP contribution >= 0.6 is 11.6 Å². The summed E-state index contributed by atoms with van der Waals surface area (Å²) in [5.41, 5.74) is 3.17. The molecule has 0 saturated heterocycles. The van der Waals surface area contributed by atoms with Crippen LogP contribution in [0.25, 0.3) is 0 Å². The standard InChI is InChI=1S/C14H15ClN4O/c1-3-19-13(12-8(2)16-7-17-12)18-11-5-4-9(15)6-10(11)14(19)20/h4-7,13,18H,3H2,1-2H3,(H,16,17)/t13-/m1/s1. The van der Waals surface area contributed by atoms with Crippen molar-refractivity contribution in [3.05, 3.63) is 46.5 Å². The molecule has 1 amide bonds. The van der Waals surface area contributed by atoms with Gasteiger partial charge in [-0.05, 0) is 32.0 Å². The van der Waals surface area contributed by atoms with Gasteiger partial charge in [-0.3, -0.25) is 4.79 Å². The number of aromatic nitrogens is 2. The molecule has 5 nitrogen and oxygen atoms in total. The Kier molecular flexibility index (Phi) is 3.14. The second-order valence-electron chi connectivity index (χ2n) is 4.74. The highest BCUT2D eigenvalue weighted by atomic mass is 35.5. The number of hydrogen-bond donors (Lipinski definition) is 2. The van der Waals surface area contributed by atoms with Crippen LogP contribution in [0.5, 0.6) is 0 Å². The van der Waals surface area contributed by atoms with Crippen molar-refractivity contribution in [2.24, 2.45) is 0 Å². The highest BCUT2D eigenvalue weighted by Crippen LogP contribution is 2.34. The number of halogens is 1. The number of carbonyl (C=O) groups is 1. The van der Waals surface area contributed by atoms with Crippen molar-refractivity contribution in [3.8, 4) is 0 Å². The van der Waals surface area contributed by atoms with Crippen LogP contribution in [-0.2, 0) is 0 Å². The maximum Gasteiger partial charge on any atom is 0.257 e. The minimum atomic E-state index is -0.257. The number of amides is 1. The average Bonchev–Trinajstić information content (AvgIpc) is 2.85. The summed E-state index contributed by atoms with van der Waals surface area (Å²) in [5.74, 6) is -0.0313. The predicted octanol–water partition coefficient (Wildman–Crippen LogP) is 2.96. The molecule has 0 radical (unpaired) electrons. The van der Waals surface area contributed by atoms with Crippen molar-refractivity contribution in [2.45, 2.75) is 20.0 Å². The van der Waals surface area contributed by atoms with E-state index < -0.39 is 0 Å². The van der Waals surface area contributed by atoms with Gasteiger partial charge in [0.25, 0.3) is 5.91 Å². The predicted molar refractivity (Wildman–Crippen MR) is 77.9 cm³/mol. The first-order valence-electron chi connectivity index (χ1n) is 6.48. The smallest absolute Gasteiger partial charge is 0.257 e. The van der Waals surface area contributed by atoms with E-state index in [1.165, 1.54) is 0 Å². The minimum absolute atomic E-state index is 0.0313. The maximum absolute atomic E-state index is 12.6. The number of H-pyrrole nitrogens is 1. The van der Waals surface area contributed by atoms with E-state index in [1.54, 1.807) is 23.4 Å². The van der Waals surface area contributed by atoms with Crippen LogP contribution in [0.4, 0.5) is 5.69 Å². The molecule has 2 aromatic rings. The SMILES string of the molecule is CCN1C(=O)c2cc(Cl)ccc2N[C@H]1c1nc[nH]c1C. The Morgan fingerprint density at radius 1 is 1.45 bits per heavy atom. The number of hydrogen-bond acceptors (Lipinski definition) is 3. The Hall–Kier alpha value is -2.01. The van der Waals surface area contributed by atoms with E-state index in [0.29, 0.717) is 17.1 Å². The normalized spacial score (nSPS) is 17.9. The van der Waals surface area contributed by atoms with E-state index in [-0.39, 0.29) is 12.1 Å². The molecule has 0 saturated carbocycles. The largest absolute Gasteiger partial charge is 0.359 e. The number of aromatic amines is 1. The van der Waals surface area contributed by atoms with Gasteiger partial charge in [0.05, 0.1) is 11.9 Å². The summed E-state index contributed by atoms with van der Waals surface area (Å²) in [7, 11) is 0. The molecule has 3 rings (SSSR count). The molecule has 0 unspecified atom stereocenters. The number of anilines is 1. The van der Waals surface area contributed by atoms with Gasteiger partial charge in [0.2, 0.25) is 0 Å². The van der Waals surface area contributed by atoms with Crippen molar-refractivity contribution >= 4 is 23.2 Å². The quantitative estimate of drug-likeness (QED) is 0.894. The van der Waals surface area contributed by atoms with Crippen LogP contribution in [0.15, 0.2) is 24.5 Å². The van der Waals surface area contributed by atoms with Gasteiger partial charge in [-0.15, -0.1) is 0 Å². The molecule has 0 bridgehead atoms. The van der Waals surface area contributed by atoms with Crippen LogP contribution in [0, 0.1) is 6.92 Å². The van der Waals surface area contributed by atoms with Crippen molar-refractivity contribution in [3.63, 3.8) is 0 Å². The summed E-state index contributed by atoms with van der Waals surface area (Å²) >= 11 is 5.98. The zero-order valence-corrected chi connectivity index (χ0v) is 12.0. The van der Waals surface area contributed by atoms with Gasteiger partial charge in [0.15, 0.2) is 0 Å². The van der Waals surface area contributed by atoms with Crippen molar-refractivity contribution in [1.82, 2.24) is 14.9 Å². The molecule has 1 aliphatic heterocycles. The lowest BCUT2D eigenvalue weighted by molar-refractivity contribution is 0.0691. The van der Waals surface area contributed by atoms with Gasteiger partial charge < -0.3 is 15.2 Å². The number of carbonyl (C=O) groups excluding carboxylic acids is 1. The molecule has 1 aliphatic rings. The molecule has 0 spiro atoms. The molecule has 0 aliphatic carbocycles. The Morgan fingerprint density at radius 2 is 2.25 bits per heavy atom. The maximum atomic E-state index is 12.6. The van der Waals surface area contributed by atoms with Gasteiger partial charge in [-0.2, -0.15) is 0 Å². The summed E-state index contributed by atoms with van der Waals surface area (Å²) < 4.78 is 0. The Bertz CT molecular complexity index is 667. The summed E-state index contributed by atoms with van der Waals surface area (Å²) in [4.78, 5) is 21.7. The van der Waals surface area contributed by atoms with E-state index in [4.69, 9.17) is 11.6 Å². The fourth-order valence-electron chi connectivity index (χ4n) is 2.50. The van der Waals surface area contributed by atoms with E-state index in [0.717, 1.165) is 17.1 Å². The third-order valence-electron chi connectivity index (χ3n) is 3.55. The van der Waals surface area contributed by atoms with Gasteiger partial charge in [-0.25, -0.2) is 4.98 Å². The van der Waals surface area contributed by atoms with E-state index in [9.17, 15) is 4.79 Å². The summed E-state index contributed by atoms with van der Waals surface area (Å²) in [6, 6.07) is 5.30. The number of rotatable bonds is 2. The number of benzene rings is 1. The molecule has 20 heavy (non-hydrogen) atoms. The molecular weight excluding hydrogens is 276 g/mol. The highest BCUT2D eigenvalue weighted by molar-refractivity contribution is 6.31. The van der Waals surface area contributed by atoms with Crippen LogP contribution < -0.4 is 5.32 Å². The average molecular weight is 291 g/mol. The number of fused-ring (bicyclic) bond motifs is 1. The molecule has 6 heteroatoms. The number of nitrogens with one attached hydrogen (secondary N) is 2. The third-order valence-corrected chi connectivity index (χ3v) is 3.78. The molecule has 0 fully saturated rings. The fraction of sp³-hybridized carbons (Fsp3) is 0.286. The van der Waals surface area contributed by atoms with Crippen molar-refractivity contribution in [2.75, 3.05) is 11.9 Å². The Balaban J connectivity index is 2.08. The van der Waals surface area contributed by atoms with Gasteiger partial charge in [-0.1, -0.05) is 11.6 Å². The first-order valence-corrected chi connectivity index (χ1v) is 6.86. The van der Waals surface area contributed by atoms with E-state index in [2.05, 4.69) is 15.3 Å². The Labute approximate surface area is 122 Å². The zero-order valence-electron chi connectivity index (χ0n) is 11.3. The van der Waals surface area contributed by atoms with Crippen molar-refractivity contribution < 1.29 is 4.79 Å². The number of nitrogens with zero attached hydrogens (tertiary/aromatic N) is 2. The summed E-state index contributed by atoms with van der Waals surface area (Å²) in [6.45, 7) is 4.48. The summed E-state index contributed by atoms with van der Waals surface area (Å²) in [6.07, 6.45) is 1.38. The molecular formula is C14H15ClN4O. The summed E-state index contributed by atoms with van der Waals surface area (Å²) in [5, 5.41) is 3.92. The lowest BCUT2D eigenvalue weighted by Gasteiger charge is -2.36. The van der Waals surface area contributed by atoms with Crippen molar-refractivity contribution in [1.29, 1.82) is 0 Å². The van der Waals surface area contributed by atoms with Crippen LogP contribution in [0.1, 0.15) is 34.8 Å². The van der Waals surface area contributed by atoms with Crippen LogP contribution in [0.3, 0.4) is 0 Å². The molecule has 1 atom stereocenters. The lowest BCUT2D eigenvalue weighted by atomic mass is 10.1. The molecule has 1 aromatic heterocycles. The fourth-order valence-corrected chi connectivity index (χ4v) is 2.68. The van der Waals surface area contributed by atoms with Crippen LogP contribution in [0.2, 0.25) is 5.02 Å². The molecule has 2 N–H and O–H groups in total. The Morgan fingerprint density at radius 3 is 2.90 bits per heavy atom. The zero-order chi connectivity index (χ0) is 14.3. The lowest BCUT2D eigenvalue weighted by Crippen LogP contribution is -2.43. The first-order chi connectivity index (χ1) is 9.61. The topological polar surface area (TPSA) is 61.0 Å². The number of aryl methyl sites for hydroxylation is 1. The van der Waals surface area contributed by atoms with E-state index >= 15 is 0 Å². The second-order valence-corrected chi connectivity index (χ2v) is 5.18. The van der Waals surface area contributed by atoms with E-state index in [1.807, 2.05) is 19.9 Å². The van der Waals surface area contributed by atoms with Crippen LogP contribution in [-0.4, -0.2) is 27.3 Å². The highest BCUT2D eigenvalue weighted by Gasteiger charge is 2.33. The first kappa shape index (κ1) is 13.0. The monoisotopic (exact) mass is 290 g/mol. The minimum Gasteiger partial charge on any atom is -0.359 e. The van der Waals surface area contributed by atoms with Gasteiger partial charge >= 0.3 is 0 Å². The second kappa shape index (κ2) is 4.83. The van der Waals surface area contributed by atoms with Gasteiger partial charge in [0, 0.05) is 22.9 Å².